The van der Waals surface area contributed by atoms with Crippen LogP contribution in [0.2, 0.25) is 0 Å². The summed E-state index contributed by atoms with van der Waals surface area (Å²) in [6.07, 6.45) is -0.573. The van der Waals surface area contributed by atoms with Gasteiger partial charge in [0.2, 0.25) is 0 Å². The summed E-state index contributed by atoms with van der Waals surface area (Å²) >= 11 is 0. The molecule has 118 valence electrons. The molecule has 0 saturated heterocycles. The zero-order valence-electron chi connectivity index (χ0n) is 12.2. The topological polar surface area (TPSA) is 84.9 Å². The van der Waals surface area contributed by atoms with Gasteiger partial charge in [0, 0.05) is 5.56 Å². The summed E-state index contributed by atoms with van der Waals surface area (Å²) in [5.74, 6) is -0.762. The predicted octanol–water partition coefficient (Wildman–Crippen LogP) is 2.74. The van der Waals surface area contributed by atoms with Gasteiger partial charge in [0.1, 0.15) is 24.5 Å². The van der Waals surface area contributed by atoms with Gasteiger partial charge in [0.25, 0.3) is 0 Å². The molecule has 1 atom stereocenters. The van der Waals surface area contributed by atoms with Crippen LogP contribution >= 0.6 is 0 Å². The third-order valence-corrected chi connectivity index (χ3v) is 3.55. The summed E-state index contributed by atoms with van der Waals surface area (Å²) in [4.78, 5) is 23.1. The molecule has 3 rings (SSSR count). The van der Waals surface area contributed by atoms with Crippen LogP contribution in [-0.4, -0.2) is 23.8 Å². The number of nitrogens with one attached hydrogen (secondary N) is 1. The van der Waals surface area contributed by atoms with Gasteiger partial charge in [0.15, 0.2) is 0 Å². The van der Waals surface area contributed by atoms with Crippen molar-refractivity contribution in [2.75, 3.05) is 6.61 Å². The third kappa shape index (κ3) is 3.26. The summed E-state index contributed by atoms with van der Waals surface area (Å²) < 4.78 is 10.6. The Labute approximate surface area is 132 Å². The molecule has 1 heterocycles. The minimum Gasteiger partial charge on any atom is -0.490 e. The minimum absolute atomic E-state index is 0.0875. The first kappa shape index (κ1) is 14.9. The molecule has 1 amide bonds. The highest BCUT2D eigenvalue weighted by Crippen LogP contribution is 2.35. The van der Waals surface area contributed by atoms with E-state index < -0.39 is 18.1 Å². The summed E-state index contributed by atoms with van der Waals surface area (Å²) in [6, 6.07) is 13.7. The lowest BCUT2D eigenvalue weighted by molar-refractivity contribution is 0.0692. The lowest BCUT2D eigenvalue weighted by atomic mass is 10.1. The standard InChI is InChI=1S/C17H15NO5/c19-16(20)13-8-4-7-12-14(10-22-15(12)13)18-17(21)23-9-11-5-2-1-3-6-11/h1-8,14H,9-10H2,(H,18,21)(H,19,20). The number of carbonyl (C=O) groups excluding carboxylic acids is 1. The molecule has 0 saturated carbocycles. The number of ether oxygens (including phenoxy) is 2. The number of benzene rings is 2. The SMILES string of the molecule is O=C(NC1COc2c(C(=O)O)cccc21)OCc1ccccc1. The first-order valence-corrected chi connectivity index (χ1v) is 7.11. The number of alkyl carbamates (subject to hydrolysis) is 1. The molecule has 2 aromatic carbocycles. The van der Waals surface area contributed by atoms with Crippen molar-refractivity contribution in [2.45, 2.75) is 12.6 Å². The third-order valence-electron chi connectivity index (χ3n) is 3.55. The molecule has 6 nitrogen and oxygen atoms in total. The number of carbonyl (C=O) groups is 2. The van der Waals surface area contributed by atoms with Crippen LogP contribution in [0.4, 0.5) is 4.79 Å². The van der Waals surface area contributed by atoms with Gasteiger partial charge in [-0.3, -0.25) is 0 Å². The van der Waals surface area contributed by atoms with Crippen molar-refractivity contribution < 1.29 is 24.2 Å². The molecule has 6 heteroatoms. The van der Waals surface area contributed by atoms with Crippen LogP contribution in [0.5, 0.6) is 5.75 Å². The van der Waals surface area contributed by atoms with E-state index in [1.165, 1.54) is 6.07 Å². The zero-order chi connectivity index (χ0) is 16.2. The number of hydrogen-bond acceptors (Lipinski definition) is 4. The lowest BCUT2D eigenvalue weighted by Crippen LogP contribution is -2.29. The zero-order valence-corrected chi connectivity index (χ0v) is 12.2. The van der Waals surface area contributed by atoms with Crippen LogP contribution in [0, 0.1) is 0 Å². The first-order chi connectivity index (χ1) is 11.1. The smallest absolute Gasteiger partial charge is 0.408 e. The average Bonchev–Trinajstić information content (AvgIpc) is 2.97. The number of rotatable bonds is 4. The summed E-state index contributed by atoms with van der Waals surface area (Å²) in [5.41, 5.74) is 1.62. The molecule has 0 spiro atoms. The Morgan fingerprint density at radius 3 is 2.70 bits per heavy atom. The van der Waals surface area contributed by atoms with Gasteiger partial charge in [-0.2, -0.15) is 0 Å². The number of amides is 1. The highest BCUT2D eigenvalue weighted by molar-refractivity contribution is 5.91. The van der Waals surface area contributed by atoms with E-state index >= 15 is 0 Å². The second-order valence-electron chi connectivity index (χ2n) is 5.10. The Morgan fingerprint density at radius 2 is 1.96 bits per heavy atom. The van der Waals surface area contributed by atoms with Crippen LogP contribution in [0.25, 0.3) is 0 Å². The molecular formula is C17H15NO5. The highest BCUT2D eigenvalue weighted by atomic mass is 16.5. The number of hydrogen-bond donors (Lipinski definition) is 2. The van der Waals surface area contributed by atoms with Crippen LogP contribution < -0.4 is 10.1 Å². The molecule has 2 N–H and O–H groups in total. The van der Waals surface area contributed by atoms with E-state index in [1.54, 1.807) is 12.1 Å². The van der Waals surface area contributed by atoms with Crippen molar-refractivity contribution in [3.05, 3.63) is 65.2 Å². The van der Waals surface area contributed by atoms with Crippen molar-refractivity contribution in [3.8, 4) is 5.75 Å². The summed E-state index contributed by atoms with van der Waals surface area (Å²) in [5, 5.41) is 11.8. The maximum atomic E-state index is 11.9. The fourth-order valence-corrected chi connectivity index (χ4v) is 2.44. The Hall–Kier alpha value is -3.02. The highest BCUT2D eigenvalue weighted by Gasteiger charge is 2.29. The molecule has 1 aliphatic rings. The molecule has 0 radical (unpaired) electrons. The summed E-state index contributed by atoms with van der Waals surface area (Å²) in [6.45, 7) is 0.350. The molecule has 1 aliphatic heterocycles. The van der Waals surface area contributed by atoms with Gasteiger partial charge in [0.05, 0.1) is 6.04 Å². The van der Waals surface area contributed by atoms with Crippen molar-refractivity contribution >= 4 is 12.1 Å². The molecule has 23 heavy (non-hydrogen) atoms. The number of carboxylic acids is 1. The van der Waals surface area contributed by atoms with Crippen LogP contribution in [0.3, 0.4) is 0 Å². The molecular weight excluding hydrogens is 298 g/mol. The van der Waals surface area contributed by atoms with Crippen molar-refractivity contribution in [2.24, 2.45) is 0 Å². The average molecular weight is 313 g/mol. The second-order valence-corrected chi connectivity index (χ2v) is 5.10. The van der Waals surface area contributed by atoms with Gasteiger partial charge in [-0.1, -0.05) is 42.5 Å². The van der Waals surface area contributed by atoms with Crippen LogP contribution in [0.1, 0.15) is 27.5 Å². The normalized spacial score (nSPS) is 15.4. The van der Waals surface area contributed by atoms with Gasteiger partial charge in [-0.15, -0.1) is 0 Å². The fourth-order valence-electron chi connectivity index (χ4n) is 2.44. The maximum absolute atomic E-state index is 11.9. The minimum atomic E-state index is -1.06. The van der Waals surface area contributed by atoms with E-state index in [4.69, 9.17) is 14.6 Å². The van der Waals surface area contributed by atoms with E-state index in [0.29, 0.717) is 11.3 Å². The number of para-hydroxylation sites is 1. The lowest BCUT2D eigenvalue weighted by Gasteiger charge is -2.12. The Bertz CT molecular complexity index is 729. The molecule has 2 aromatic rings. The molecule has 0 aromatic heterocycles. The number of fused-ring (bicyclic) bond motifs is 1. The summed E-state index contributed by atoms with van der Waals surface area (Å²) in [7, 11) is 0. The molecule has 0 fully saturated rings. The van der Waals surface area contributed by atoms with E-state index in [0.717, 1.165) is 5.56 Å². The Balaban J connectivity index is 1.63. The largest absolute Gasteiger partial charge is 0.490 e. The molecule has 0 bridgehead atoms. The van der Waals surface area contributed by atoms with E-state index in [9.17, 15) is 9.59 Å². The quantitative estimate of drug-likeness (QED) is 0.906. The Kier molecular flexibility index (Phi) is 4.14. The predicted molar refractivity (Wildman–Crippen MR) is 81.4 cm³/mol. The van der Waals surface area contributed by atoms with E-state index in [1.807, 2.05) is 30.3 Å². The van der Waals surface area contributed by atoms with Crippen molar-refractivity contribution in [1.82, 2.24) is 5.32 Å². The molecule has 0 aliphatic carbocycles. The number of carboxylic acid groups (broad SMARTS) is 1. The van der Waals surface area contributed by atoms with Crippen molar-refractivity contribution in [3.63, 3.8) is 0 Å². The van der Waals surface area contributed by atoms with E-state index in [2.05, 4.69) is 5.32 Å². The fraction of sp³-hybridized carbons (Fsp3) is 0.176. The maximum Gasteiger partial charge on any atom is 0.408 e. The van der Waals surface area contributed by atoms with Gasteiger partial charge in [-0.05, 0) is 11.6 Å². The van der Waals surface area contributed by atoms with Gasteiger partial charge >= 0.3 is 12.1 Å². The van der Waals surface area contributed by atoms with Gasteiger partial charge < -0.3 is 19.9 Å². The van der Waals surface area contributed by atoms with E-state index in [-0.39, 0.29) is 18.8 Å². The Morgan fingerprint density at radius 1 is 1.17 bits per heavy atom. The number of aromatic carboxylic acids is 1. The van der Waals surface area contributed by atoms with Crippen LogP contribution in [-0.2, 0) is 11.3 Å². The van der Waals surface area contributed by atoms with Crippen molar-refractivity contribution in [1.29, 1.82) is 0 Å². The monoisotopic (exact) mass is 313 g/mol. The molecule has 1 unspecified atom stereocenters. The van der Waals surface area contributed by atoms with Gasteiger partial charge in [-0.25, -0.2) is 9.59 Å². The second kappa shape index (κ2) is 6.39. The first-order valence-electron chi connectivity index (χ1n) is 7.11. The van der Waals surface area contributed by atoms with Crippen LogP contribution in [0.15, 0.2) is 48.5 Å².